The second kappa shape index (κ2) is 8.79. The van der Waals surface area contributed by atoms with Gasteiger partial charge in [0.2, 0.25) is 11.8 Å². The predicted molar refractivity (Wildman–Crippen MR) is 104 cm³/mol. The first-order valence-corrected chi connectivity index (χ1v) is 11.6. The molecule has 142 valence electrons. The van der Waals surface area contributed by atoms with Crippen LogP contribution in [0.4, 0.5) is 0 Å². The normalized spacial score (nSPS) is 28.1. The molecule has 3 aliphatic rings. The van der Waals surface area contributed by atoms with Crippen LogP contribution in [0.25, 0.3) is 0 Å². The van der Waals surface area contributed by atoms with Crippen molar-refractivity contribution in [2.45, 2.75) is 64.2 Å². The van der Waals surface area contributed by atoms with Crippen molar-refractivity contribution >= 4 is 23.6 Å². The second-order valence-electron chi connectivity index (χ2n) is 8.28. The zero-order chi connectivity index (χ0) is 17.7. The maximum atomic E-state index is 13.2. The fraction of sp³-hybridized carbons (Fsp3) is 0.900. The van der Waals surface area contributed by atoms with Gasteiger partial charge < -0.3 is 9.80 Å². The van der Waals surface area contributed by atoms with Crippen molar-refractivity contribution in [1.82, 2.24) is 9.80 Å². The molecule has 1 spiro atoms. The summed E-state index contributed by atoms with van der Waals surface area (Å²) in [5.41, 5.74) is -0.264. The first kappa shape index (κ1) is 19.1. The number of piperidine rings is 1. The standard InChI is InChI=1S/C20H34N2O2S/c1-25-15-9-18(23)22-14-11-20(16-22)10-5-12-21(19(20)24)13-8-17-6-3-2-4-7-17/h17H,2-16H2,1H3. The van der Waals surface area contributed by atoms with Crippen LogP contribution in [0.5, 0.6) is 0 Å². The van der Waals surface area contributed by atoms with Crippen LogP contribution in [0.2, 0.25) is 0 Å². The Bertz CT molecular complexity index is 478. The van der Waals surface area contributed by atoms with Gasteiger partial charge in [-0.15, -0.1) is 0 Å². The highest BCUT2D eigenvalue weighted by Gasteiger charge is 2.49. The highest BCUT2D eigenvalue weighted by atomic mass is 32.2. The van der Waals surface area contributed by atoms with Gasteiger partial charge in [0.15, 0.2) is 0 Å². The van der Waals surface area contributed by atoms with Gasteiger partial charge in [0.1, 0.15) is 0 Å². The molecule has 2 aliphatic heterocycles. The van der Waals surface area contributed by atoms with Gasteiger partial charge in [-0.3, -0.25) is 9.59 Å². The van der Waals surface area contributed by atoms with E-state index in [1.807, 2.05) is 11.2 Å². The van der Waals surface area contributed by atoms with E-state index >= 15 is 0 Å². The minimum atomic E-state index is -0.264. The Morgan fingerprint density at radius 3 is 2.72 bits per heavy atom. The summed E-state index contributed by atoms with van der Waals surface area (Å²) in [5.74, 6) is 2.28. The number of amides is 2. The van der Waals surface area contributed by atoms with Crippen LogP contribution in [0.3, 0.4) is 0 Å². The molecule has 5 heteroatoms. The van der Waals surface area contributed by atoms with Gasteiger partial charge in [-0.25, -0.2) is 0 Å². The monoisotopic (exact) mass is 366 g/mol. The van der Waals surface area contributed by atoms with Crippen LogP contribution in [-0.4, -0.2) is 59.8 Å². The summed E-state index contributed by atoms with van der Waals surface area (Å²) >= 11 is 1.71. The molecule has 0 bridgehead atoms. The van der Waals surface area contributed by atoms with Crippen molar-refractivity contribution in [3.63, 3.8) is 0 Å². The maximum Gasteiger partial charge on any atom is 0.230 e. The first-order valence-electron chi connectivity index (χ1n) is 10.2. The third-order valence-electron chi connectivity index (χ3n) is 6.58. The third-order valence-corrected chi connectivity index (χ3v) is 7.20. The average molecular weight is 367 g/mol. The molecule has 0 radical (unpaired) electrons. The summed E-state index contributed by atoms with van der Waals surface area (Å²) in [4.78, 5) is 29.6. The Morgan fingerprint density at radius 2 is 1.96 bits per heavy atom. The molecular weight excluding hydrogens is 332 g/mol. The minimum Gasteiger partial charge on any atom is -0.342 e. The Morgan fingerprint density at radius 1 is 1.16 bits per heavy atom. The van der Waals surface area contributed by atoms with Crippen molar-refractivity contribution in [3.8, 4) is 0 Å². The summed E-state index contributed by atoms with van der Waals surface area (Å²) in [6, 6.07) is 0. The second-order valence-corrected chi connectivity index (χ2v) is 9.26. The molecule has 2 saturated heterocycles. The molecule has 1 atom stereocenters. The van der Waals surface area contributed by atoms with Crippen LogP contribution in [0.1, 0.15) is 64.2 Å². The number of likely N-dealkylation sites (tertiary alicyclic amines) is 2. The first-order chi connectivity index (χ1) is 12.1. The molecule has 2 heterocycles. The lowest BCUT2D eigenvalue weighted by Crippen LogP contribution is -2.50. The van der Waals surface area contributed by atoms with Gasteiger partial charge >= 0.3 is 0 Å². The lowest BCUT2D eigenvalue weighted by atomic mass is 9.78. The summed E-state index contributed by atoms with van der Waals surface area (Å²) < 4.78 is 0. The van der Waals surface area contributed by atoms with E-state index in [1.54, 1.807) is 11.8 Å². The molecule has 0 aromatic carbocycles. The summed E-state index contributed by atoms with van der Waals surface area (Å²) in [6.45, 7) is 3.30. The van der Waals surface area contributed by atoms with Crippen molar-refractivity contribution in [2.24, 2.45) is 11.3 Å². The maximum absolute atomic E-state index is 13.2. The molecule has 4 nitrogen and oxygen atoms in total. The van der Waals surface area contributed by atoms with E-state index in [9.17, 15) is 9.59 Å². The average Bonchev–Trinajstić information content (AvgIpc) is 3.07. The van der Waals surface area contributed by atoms with Crippen LogP contribution in [-0.2, 0) is 9.59 Å². The van der Waals surface area contributed by atoms with E-state index < -0.39 is 0 Å². The van der Waals surface area contributed by atoms with Gasteiger partial charge in [0.05, 0.1) is 5.41 Å². The minimum absolute atomic E-state index is 0.235. The van der Waals surface area contributed by atoms with E-state index in [0.29, 0.717) is 18.9 Å². The quantitative estimate of drug-likeness (QED) is 0.722. The zero-order valence-electron chi connectivity index (χ0n) is 15.8. The number of carbonyl (C=O) groups is 2. The molecule has 3 rings (SSSR count). The molecule has 0 N–H and O–H groups in total. The Labute approximate surface area is 157 Å². The Kier molecular flexibility index (Phi) is 6.70. The molecular formula is C20H34N2O2S. The van der Waals surface area contributed by atoms with Gasteiger partial charge in [0.25, 0.3) is 0 Å². The number of nitrogens with zero attached hydrogens (tertiary/aromatic N) is 2. The number of hydrogen-bond acceptors (Lipinski definition) is 3. The molecule has 25 heavy (non-hydrogen) atoms. The van der Waals surface area contributed by atoms with Crippen LogP contribution in [0, 0.1) is 11.3 Å². The number of hydrogen-bond donors (Lipinski definition) is 0. The topological polar surface area (TPSA) is 40.6 Å². The van der Waals surface area contributed by atoms with E-state index in [-0.39, 0.29) is 11.3 Å². The summed E-state index contributed by atoms with van der Waals surface area (Å²) in [5, 5.41) is 0. The van der Waals surface area contributed by atoms with E-state index in [4.69, 9.17) is 0 Å². The SMILES string of the molecule is CSCCC(=O)N1CCC2(CCCN(CCC3CCCCC3)C2=O)C1. The van der Waals surface area contributed by atoms with E-state index in [0.717, 1.165) is 50.6 Å². The van der Waals surface area contributed by atoms with Crippen molar-refractivity contribution in [2.75, 3.05) is 38.2 Å². The molecule has 2 amide bonds. The van der Waals surface area contributed by atoms with Crippen LogP contribution in [0.15, 0.2) is 0 Å². The number of carbonyl (C=O) groups excluding carboxylic acids is 2. The molecule has 0 aromatic heterocycles. The van der Waals surface area contributed by atoms with Gasteiger partial charge in [-0.1, -0.05) is 32.1 Å². The van der Waals surface area contributed by atoms with E-state index in [1.165, 1.54) is 38.5 Å². The fourth-order valence-electron chi connectivity index (χ4n) is 4.99. The van der Waals surface area contributed by atoms with Crippen molar-refractivity contribution < 1.29 is 9.59 Å². The van der Waals surface area contributed by atoms with Gasteiger partial charge in [-0.05, 0) is 37.9 Å². The molecule has 3 fully saturated rings. The Hall–Kier alpha value is -0.710. The van der Waals surface area contributed by atoms with Crippen LogP contribution < -0.4 is 0 Å². The van der Waals surface area contributed by atoms with Gasteiger partial charge in [-0.2, -0.15) is 11.8 Å². The highest BCUT2D eigenvalue weighted by molar-refractivity contribution is 7.98. The number of rotatable bonds is 6. The lowest BCUT2D eigenvalue weighted by molar-refractivity contribution is -0.146. The molecule has 1 unspecified atom stereocenters. The molecule has 0 aromatic rings. The molecule has 1 aliphatic carbocycles. The third kappa shape index (κ3) is 4.53. The summed E-state index contributed by atoms with van der Waals surface area (Å²) in [6.07, 6.45) is 13.6. The zero-order valence-corrected chi connectivity index (χ0v) is 16.6. The highest BCUT2D eigenvalue weighted by Crippen LogP contribution is 2.40. The van der Waals surface area contributed by atoms with E-state index in [2.05, 4.69) is 4.90 Å². The van der Waals surface area contributed by atoms with Crippen molar-refractivity contribution in [3.05, 3.63) is 0 Å². The smallest absolute Gasteiger partial charge is 0.230 e. The lowest BCUT2D eigenvalue weighted by Gasteiger charge is -2.40. The number of thioether (sulfide) groups is 1. The predicted octanol–water partition coefficient (Wildman–Crippen LogP) is 3.55. The summed E-state index contributed by atoms with van der Waals surface area (Å²) in [7, 11) is 0. The molecule has 1 saturated carbocycles. The van der Waals surface area contributed by atoms with Crippen molar-refractivity contribution in [1.29, 1.82) is 0 Å². The fourth-order valence-corrected chi connectivity index (χ4v) is 5.37. The van der Waals surface area contributed by atoms with Crippen LogP contribution >= 0.6 is 11.8 Å². The van der Waals surface area contributed by atoms with Gasteiger partial charge in [0, 0.05) is 38.4 Å². The Balaban J connectivity index is 1.53. The largest absolute Gasteiger partial charge is 0.342 e.